The summed E-state index contributed by atoms with van der Waals surface area (Å²) in [5.41, 5.74) is 1.79. The maximum absolute atomic E-state index is 12.3. The lowest BCUT2D eigenvalue weighted by Gasteiger charge is -2.62. The molecule has 1 N–H and O–H groups in total. The summed E-state index contributed by atoms with van der Waals surface area (Å²) in [5.74, 6) is 3.93. The minimum atomic E-state index is -0.330. The third-order valence-corrected chi connectivity index (χ3v) is 10.3. The molecule has 0 aliphatic heterocycles. The van der Waals surface area contributed by atoms with Crippen LogP contribution in [0.4, 0.5) is 0 Å². The maximum atomic E-state index is 12.3. The molecule has 2 nitrogen and oxygen atoms in total. The molecule has 0 bridgehead atoms. The molecule has 0 radical (unpaired) electrons. The van der Waals surface area contributed by atoms with Gasteiger partial charge in [0.05, 0.1) is 6.10 Å². The van der Waals surface area contributed by atoms with Crippen molar-refractivity contribution >= 4 is 5.78 Å². The number of fused-ring (bicyclic) bond motifs is 5. The Bertz CT molecular complexity index is 651. The minimum absolute atomic E-state index is 0.202. The van der Waals surface area contributed by atoms with Crippen molar-refractivity contribution in [2.45, 2.75) is 98.5 Å². The van der Waals surface area contributed by atoms with E-state index in [2.05, 4.69) is 40.7 Å². The van der Waals surface area contributed by atoms with Crippen LogP contribution < -0.4 is 0 Å². The van der Waals surface area contributed by atoms with Crippen LogP contribution in [0.3, 0.4) is 0 Å². The second-order valence-corrected chi connectivity index (χ2v) is 11.3. The van der Waals surface area contributed by atoms with Crippen molar-refractivity contribution in [2.75, 3.05) is 0 Å². The van der Waals surface area contributed by atoms with Gasteiger partial charge in [0, 0.05) is 12.8 Å². The second kappa shape index (κ2) is 7.25. The van der Waals surface area contributed by atoms with Gasteiger partial charge in [0.1, 0.15) is 5.78 Å². The number of hydrogen-bond acceptors (Lipinski definition) is 2. The van der Waals surface area contributed by atoms with E-state index in [-0.39, 0.29) is 17.4 Å². The Labute approximate surface area is 172 Å². The molecule has 9 atom stereocenters. The highest BCUT2D eigenvalue weighted by Crippen LogP contribution is 2.69. The molecule has 0 aromatic carbocycles. The Balaban J connectivity index is 1.70. The summed E-state index contributed by atoms with van der Waals surface area (Å²) in [7, 11) is 0. The largest absolute Gasteiger partial charge is 0.388 e. The molecule has 4 aliphatic rings. The summed E-state index contributed by atoms with van der Waals surface area (Å²) < 4.78 is 0. The molecule has 4 rings (SSSR count). The molecule has 4 fully saturated rings. The van der Waals surface area contributed by atoms with E-state index < -0.39 is 0 Å². The molecule has 0 spiro atoms. The standard InChI is InChI=1S/C26H42O2/c1-6-8-16(3)19-9-10-20-23-21(12-14-25(19,20)4)26(5)13-11-17(27)15-22(26)18(7-2)24(23)28/h7,16,19-24,28H,6,8-15H2,1-5H3/t16-,19-,20?,21?,22?,23?,24-,25-,26-/m1/s1. The predicted octanol–water partition coefficient (Wildman–Crippen LogP) is 6.18. The minimum Gasteiger partial charge on any atom is -0.388 e. The third kappa shape index (κ3) is 2.80. The highest BCUT2D eigenvalue weighted by molar-refractivity contribution is 5.80. The van der Waals surface area contributed by atoms with Gasteiger partial charge in [-0.1, -0.05) is 46.6 Å². The van der Waals surface area contributed by atoms with E-state index in [4.69, 9.17) is 0 Å². The van der Waals surface area contributed by atoms with Gasteiger partial charge in [0.2, 0.25) is 0 Å². The number of carbonyl (C=O) groups is 1. The number of ketones is 1. The van der Waals surface area contributed by atoms with E-state index in [1.807, 2.05) is 0 Å². The van der Waals surface area contributed by atoms with E-state index >= 15 is 0 Å². The summed E-state index contributed by atoms with van der Waals surface area (Å²) >= 11 is 0. The Kier molecular flexibility index (Phi) is 5.35. The van der Waals surface area contributed by atoms with Gasteiger partial charge in [-0.25, -0.2) is 0 Å². The van der Waals surface area contributed by atoms with Crippen LogP contribution in [0.1, 0.15) is 92.4 Å². The first-order valence-corrected chi connectivity index (χ1v) is 12.1. The number of aliphatic hydroxyl groups excluding tert-OH is 1. The average molecular weight is 387 g/mol. The van der Waals surface area contributed by atoms with Crippen molar-refractivity contribution in [1.82, 2.24) is 0 Å². The first-order chi connectivity index (χ1) is 13.3. The first-order valence-electron chi connectivity index (χ1n) is 12.1. The third-order valence-electron chi connectivity index (χ3n) is 10.3. The molecule has 158 valence electrons. The lowest BCUT2D eigenvalue weighted by atomic mass is 9.43. The van der Waals surface area contributed by atoms with Crippen LogP contribution in [-0.4, -0.2) is 17.0 Å². The lowest BCUT2D eigenvalue weighted by Crippen LogP contribution is -2.59. The van der Waals surface area contributed by atoms with Gasteiger partial charge in [-0.2, -0.15) is 0 Å². The Morgan fingerprint density at radius 2 is 1.86 bits per heavy atom. The Morgan fingerprint density at radius 3 is 2.54 bits per heavy atom. The zero-order chi connectivity index (χ0) is 20.3. The molecule has 4 saturated carbocycles. The summed E-state index contributed by atoms with van der Waals surface area (Å²) in [5, 5.41) is 11.6. The molecular weight excluding hydrogens is 344 g/mol. The molecule has 4 unspecified atom stereocenters. The molecule has 0 amide bonds. The van der Waals surface area contributed by atoms with Gasteiger partial charge in [-0.15, -0.1) is 0 Å². The van der Waals surface area contributed by atoms with Crippen molar-refractivity contribution in [3.8, 4) is 0 Å². The Morgan fingerprint density at radius 1 is 1.14 bits per heavy atom. The van der Waals surface area contributed by atoms with Gasteiger partial charge in [0.25, 0.3) is 0 Å². The van der Waals surface area contributed by atoms with Crippen LogP contribution in [0, 0.1) is 46.3 Å². The summed E-state index contributed by atoms with van der Waals surface area (Å²) in [6.45, 7) is 11.9. The molecule has 0 aromatic rings. The van der Waals surface area contributed by atoms with Crippen LogP contribution in [0.25, 0.3) is 0 Å². The van der Waals surface area contributed by atoms with E-state index in [0.29, 0.717) is 35.4 Å². The number of aliphatic hydroxyl groups is 1. The lowest BCUT2D eigenvalue weighted by molar-refractivity contribution is -0.148. The van der Waals surface area contributed by atoms with Crippen LogP contribution in [0.15, 0.2) is 11.6 Å². The van der Waals surface area contributed by atoms with Crippen molar-refractivity contribution in [1.29, 1.82) is 0 Å². The van der Waals surface area contributed by atoms with Crippen LogP contribution >= 0.6 is 0 Å². The monoisotopic (exact) mass is 386 g/mol. The highest BCUT2D eigenvalue weighted by atomic mass is 16.3. The number of carbonyl (C=O) groups excluding carboxylic acids is 1. The van der Waals surface area contributed by atoms with Gasteiger partial charge < -0.3 is 5.11 Å². The van der Waals surface area contributed by atoms with E-state index in [1.165, 1.54) is 44.1 Å². The van der Waals surface area contributed by atoms with Crippen molar-refractivity contribution in [2.24, 2.45) is 46.3 Å². The highest BCUT2D eigenvalue weighted by Gasteiger charge is 2.63. The van der Waals surface area contributed by atoms with Crippen molar-refractivity contribution < 1.29 is 9.90 Å². The van der Waals surface area contributed by atoms with E-state index in [0.717, 1.165) is 24.7 Å². The van der Waals surface area contributed by atoms with Crippen molar-refractivity contribution in [3.63, 3.8) is 0 Å². The molecule has 28 heavy (non-hydrogen) atoms. The van der Waals surface area contributed by atoms with Gasteiger partial charge in [-0.3, -0.25) is 4.79 Å². The fraction of sp³-hybridized carbons (Fsp3) is 0.885. The van der Waals surface area contributed by atoms with Gasteiger partial charge >= 0.3 is 0 Å². The molecule has 0 saturated heterocycles. The molecule has 0 aromatic heterocycles. The van der Waals surface area contributed by atoms with Gasteiger partial charge in [-0.05, 0) is 90.9 Å². The van der Waals surface area contributed by atoms with Crippen LogP contribution in [0.2, 0.25) is 0 Å². The first kappa shape index (κ1) is 20.6. The molecule has 4 aliphatic carbocycles. The normalized spacial score (nSPS) is 50.8. The molecule has 0 heterocycles. The zero-order valence-electron chi connectivity index (χ0n) is 18.8. The topological polar surface area (TPSA) is 37.3 Å². The summed E-state index contributed by atoms with van der Waals surface area (Å²) in [6, 6.07) is 0. The fourth-order valence-corrected chi connectivity index (χ4v) is 8.92. The fourth-order valence-electron chi connectivity index (χ4n) is 8.92. The van der Waals surface area contributed by atoms with E-state index in [9.17, 15) is 9.90 Å². The zero-order valence-corrected chi connectivity index (χ0v) is 18.8. The predicted molar refractivity (Wildman–Crippen MR) is 115 cm³/mol. The van der Waals surface area contributed by atoms with Crippen molar-refractivity contribution in [3.05, 3.63) is 11.6 Å². The maximum Gasteiger partial charge on any atom is 0.133 e. The summed E-state index contributed by atoms with van der Waals surface area (Å²) in [4.78, 5) is 12.3. The van der Waals surface area contributed by atoms with Gasteiger partial charge in [0.15, 0.2) is 0 Å². The van der Waals surface area contributed by atoms with Crippen LogP contribution in [-0.2, 0) is 4.79 Å². The Hall–Kier alpha value is -0.630. The van der Waals surface area contributed by atoms with E-state index in [1.54, 1.807) is 0 Å². The number of hydrogen-bond donors (Lipinski definition) is 1. The average Bonchev–Trinajstić information content (AvgIpc) is 3.01. The quantitative estimate of drug-likeness (QED) is 0.588. The molecular formula is C26H42O2. The summed E-state index contributed by atoms with van der Waals surface area (Å²) in [6.07, 6.45) is 12.1. The number of rotatable bonds is 3. The smallest absolute Gasteiger partial charge is 0.133 e. The SMILES string of the molecule is CC=C1C2CC(=O)CC[C@]2(C)C2CC[C@@]3(C)C(CC[C@@H]3[C@H](C)CCC)C2[C@@H]1O. The van der Waals surface area contributed by atoms with Crippen LogP contribution in [0.5, 0.6) is 0 Å². The second-order valence-electron chi connectivity index (χ2n) is 11.3. The number of Topliss-reactive ketones (excluding diaryl/α,β-unsaturated/α-hetero) is 1. The molecule has 2 heteroatoms. The number of allylic oxidation sites excluding steroid dienone is 1.